The molecule has 0 atom stereocenters. The Hall–Kier alpha value is -0.470. The quantitative estimate of drug-likeness (QED) is 0.424. The van der Waals surface area contributed by atoms with Gasteiger partial charge in [0.2, 0.25) is 0 Å². The van der Waals surface area contributed by atoms with Crippen molar-refractivity contribution < 1.29 is 4.79 Å². The smallest absolute Gasteiger partial charge is 0.178 e. The van der Waals surface area contributed by atoms with Gasteiger partial charge in [-0.25, -0.2) is 0 Å². The van der Waals surface area contributed by atoms with Gasteiger partial charge in [-0.15, -0.1) is 23.4 Å². The summed E-state index contributed by atoms with van der Waals surface area (Å²) in [5.41, 5.74) is 0.722. The van der Waals surface area contributed by atoms with Crippen LogP contribution in [0, 0.1) is 0 Å². The molecule has 0 unspecified atom stereocenters. The van der Waals surface area contributed by atoms with Crippen LogP contribution in [0.1, 0.15) is 10.4 Å². The average molecular weight is 201 g/mol. The average Bonchev–Trinajstić information content (AvgIpc) is 2.16. The van der Waals surface area contributed by atoms with Gasteiger partial charge in [0.1, 0.15) is 0 Å². The molecule has 64 valence electrons. The van der Waals surface area contributed by atoms with Gasteiger partial charge in [0.25, 0.3) is 0 Å². The fraction of sp³-hybridized carbons (Fsp3) is 0.222. The van der Waals surface area contributed by atoms with Crippen molar-refractivity contribution in [2.24, 2.45) is 0 Å². The minimum Gasteiger partial charge on any atom is -0.293 e. The number of carbonyl (C=O) groups excluding carboxylic acids is 1. The van der Waals surface area contributed by atoms with Crippen LogP contribution in [0.25, 0.3) is 0 Å². The first-order valence-corrected chi connectivity index (χ1v) is 5.27. The Morgan fingerprint density at radius 1 is 1.50 bits per heavy atom. The minimum atomic E-state index is -0.0124. The van der Waals surface area contributed by atoms with E-state index in [1.165, 1.54) is 0 Å². The first-order valence-electron chi connectivity index (χ1n) is 3.51. The fourth-order valence-electron chi connectivity index (χ4n) is 0.947. The van der Waals surface area contributed by atoms with E-state index in [9.17, 15) is 4.79 Å². The Balaban J connectivity index is 3.04. The Bertz CT molecular complexity index is 286. The lowest BCUT2D eigenvalue weighted by Gasteiger charge is -2.02. The molecule has 1 rings (SSSR count). The monoisotopic (exact) mass is 200 g/mol. The molecule has 0 saturated carbocycles. The number of hydrogen-bond acceptors (Lipinski definition) is 2. The summed E-state index contributed by atoms with van der Waals surface area (Å²) < 4.78 is 0. The molecule has 0 aliphatic carbocycles. The summed E-state index contributed by atoms with van der Waals surface area (Å²) in [6, 6.07) is 7.48. The molecule has 0 fully saturated rings. The largest absolute Gasteiger partial charge is 0.293 e. The van der Waals surface area contributed by atoms with Crippen molar-refractivity contribution in [3.8, 4) is 0 Å². The van der Waals surface area contributed by atoms with Crippen LogP contribution in [-0.2, 0) is 0 Å². The summed E-state index contributed by atoms with van der Waals surface area (Å²) in [6.45, 7) is 0. The minimum absolute atomic E-state index is 0.0124. The van der Waals surface area contributed by atoms with E-state index in [1.54, 1.807) is 17.8 Å². The third-order valence-electron chi connectivity index (χ3n) is 1.53. The van der Waals surface area contributed by atoms with Crippen LogP contribution < -0.4 is 0 Å². The van der Waals surface area contributed by atoms with E-state index in [1.807, 2.05) is 24.5 Å². The van der Waals surface area contributed by atoms with Crippen molar-refractivity contribution in [2.75, 3.05) is 12.1 Å². The lowest BCUT2D eigenvalue weighted by Crippen LogP contribution is -2.01. The highest BCUT2D eigenvalue weighted by Crippen LogP contribution is 2.20. The van der Waals surface area contributed by atoms with Crippen LogP contribution in [0.4, 0.5) is 0 Å². The summed E-state index contributed by atoms with van der Waals surface area (Å²) in [7, 11) is 0. The van der Waals surface area contributed by atoms with Crippen LogP contribution in [0.5, 0.6) is 0 Å². The van der Waals surface area contributed by atoms with Crippen LogP contribution in [0.15, 0.2) is 29.2 Å². The maximum Gasteiger partial charge on any atom is 0.178 e. The molecule has 0 N–H and O–H groups in total. The number of ketones is 1. The lowest BCUT2D eigenvalue weighted by molar-refractivity contribution is 0.101. The molecule has 0 amide bonds. The van der Waals surface area contributed by atoms with Gasteiger partial charge in [0.05, 0.1) is 5.88 Å². The second-order valence-corrected chi connectivity index (χ2v) is 3.37. The van der Waals surface area contributed by atoms with E-state index in [4.69, 9.17) is 11.6 Å². The standard InChI is InChI=1S/C9H9ClOS/c1-12-9-5-3-2-4-7(9)8(11)6-10/h2-5H,6H2,1H3. The van der Waals surface area contributed by atoms with Gasteiger partial charge in [-0.3, -0.25) is 4.79 Å². The van der Waals surface area contributed by atoms with E-state index < -0.39 is 0 Å². The van der Waals surface area contributed by atoms with E-state index in [0.717, 1.165) is 10.5 Å². The molecular weight excluding hydrogens is 192 g/mol. The Morgan fingerprint density at radius 2 is 2.17 bits per heavy atom. The number of halogens is 1. The summed E-state index contributed by atoms with van der Waals surface area (Å²) in [6.07, 6.45) is 1.94. The molecule has 3 heteroatoms. The van der Waals surface area contributed by atoms with E-state index in [-0.39, 0.29) is 11.7 Å². The summed E-state index contributed by atoms with van der Waals surface area (Å²) in [4.78, 5) is 12.2. The van der Waals surface area contributed by atoms with Crippen LogP contribution >= 0.6 is 23.4 Å². The molecule has 0 bridgehead atoms. The van der Waals surface area contributed by atoms with Gasteiger partial charge in [0.15, 0.2) is 5.78 Å². The normalized spacial score (nSPS) is 9.83. The molecule has 1 aromatic carbocycles. The third-order valence-corrected chi connectivity index (χ3v) is 2.57. The maximum absolute atomic E-state index is 11.2. The summed E-state index contributed by atoms with van der Waals surface area (Å²) >= 11 is 7.02. The number of benzene rings is 1. The van der Waals surface area contributed by atoms with E-state index >= 15 is 0 Å². The molecule has 0 radical (unpaired) electrons. The predicted octanol–water partition coefficient (Wildman–Crippen LogP) is 2.83. The molecule has 0 aromatic heterocycles. The molecule has 0 heterocycles. The van der Waals surface area contributed by atoms with Crippen LogP contribution in [0.3, 0.4) is 0 Å². The summed E-state index contributed by atoms with van der Waals surface area (Å²) in [5.74, 6) is 0.0408. The highest BCUT2D eigenvalue weighted by molar-refractivity contribution is 7.98. The SMILES string of the molecule is CSc1ccccc1C(=O)CCl. The molecule has 12 heavy (non-hydrogen) atoms. The van der Waals surface area contributed by atoms with Crippen molar-refractivity contribution in [1.29, 1.82) is 0 Å². The number of Topliss-reactive ketones (excluding diaryl/α,β-unsaturated/α-hetero) is 1. The third kappa shape index (κ3) is 2.02. The van der Waals surface area contributed by atoms with Gasteiger partial charge < -0.3 is 0 Å². The van der Waals surface area contributed by atoms with Gasteiger partial charge in [-0.05, 0) is 12.3 Å². The van der Waals surface area contributed by atoms with E-state index in [2.05, 4.69) is 0 Å². The van der Waals surface area contributed by atoms with Gasteiger partial charge in [0, 0.05) is 10.5 Å². The second-order valence-electron chi connectivity index (χ2n) is 2.26. The molecule has 0 saturated heterocycles. The zero-order chi connectivity index (χ0) is 8.97. The maximum atomic E-state index is 11.2. The molecular formula is C9H9ClOS. The van der Waals surface area contributed by atoms with Crippen LogP contribution in [0.2, 0.25) is 0 Å². The second kappa shape index (κ2) is 4.53. The lowest BCUT2D eigenvalue weighted by atomic mass is 10.1. The molecule has 0 aliphatic rings. The number of carbonyl (C=O) groups is 1. The molecule has 0 aliphatic heterocycles. The number of rotatable bonds is 3. The Labute approximate surface area is 81.1 Å². The fourth-order valence-corrected chi connectivity index (χ4v) is 1.71. The van der Waals surface area contributed by atoms with Crippen molar-refractivity contribution in [1.82, 2.24) is 0 Å². The number of alkyl halides is 1. The van der Waals surface area contributed by atoms with Crippen molar-refractivity contribution in [3.05, 3.63) is 29.8 Å². The highest BCUT2D eigenvalue weighted by Gasteiger charge is 2.07. The van der Waals surface area contributed by atoms with Crippen LogP contribution in [-0.4, -0.2) is 17.9 Å². The highest BCUT2D eigenvalue weighted by atomic mass is 35.5. The van der Waals surface area contributed by atoms with Crippen molar-refractivity contribution >= 4 is 29.1 Å². The van der Waals surface area contributed by atoms with Gasteiger partial charge in [-0.1, -0.05) is 18.2 Å². The Kier molecular flexibility index (Phi) is 3.63. The summed E-state index contributed by atoms with van der Waals surface area (Å²) in [5, 5.41) is 0. The van der Waals surface area contributed by atoms with Crippen molar-refractivity contribution in [3.63, 3.8) is 0 Å². The van der Waals surface area contributed by atoms with Gasteiger partial charge in [-0.2, -0.15) is 0 Å². The zero-order valence-electron chi connectivity index (χ0n) is 6.71. The number of hydrogen-bond donors (Lipinski definition) is 0. The first kappa shape index (κ1) is 9.62. The Morgan fingerprint density at radius 3 is 2.75 bits per heavy atom. The van der Waals surface area contributed by atoms with Gasteiger partial charge >= 0.3 is 0 Å². The topological polar surface area (TPSA) is 17.1 Å². The molecule has 1 nitrogen and oxygen atoms in total. The van der Waals surface area contributed by atoms with E-state index in [0.29, 0.717) is 0 Å². The zero-order valence-corrected chi connectivity index (χ0v) is 8.28. The molecule has 1 aromatic rings. The molecule has 0 spiro atoms. The predicted molar refractivity (Wildman–Crippen MR) is 53.3 cm³/mol. The first-order chi connectivity index (χ1) is 5.79. The number of thioether (sulfide) groups is 1. The van der Waals surface area contributed by atoms with Crippen molar-refractivity contribution in [2.45, 2.75) is 4.90 Å².